The molecule has 0 radical (unpaired) electrons. The maximum Gasteiger partial charge on any atom is 0.286 e. The number of benzene rings is 1. The van der Waals surface area contributed by atoms with Crippen molar-refractivity contribution < 1.29 is 13.2 Å². The van der Waals surface area contributed by atoms with Crippen LogP contribution in [0, 0.1) is 13.8 Å². The highest BCUT2D eigenvalue weighted by Crippen LogP contribution is 2.29. The van der Waals surface area contributed by atoms with Gasteiger partial charge >= 0.3 is 0 Å². The third kappa shape index (κ3) is 2.81. The average molecular weight is 308 g/mol. The molecule has 0 atom stereocenters. The normalized spacial score (nSPS) is 11.9. The van der Waals surface area contributed by atoms with Crippen LogP contribution in [0.3, 0.4) is 0 Å². The fraction of sp³-hybridized carbons (Fsp3) is 0.400. The number of methoxy groups -OCH3 is 1. The zero-order chi connectivity index (χ0) is 15.8. The van der Waals surface area contributed by atoms with Gasteiger partial charge in [-0.2, -0.15) is 17.6 Å². The van der Waals surface area contributed by atoms with Crippen molar-refractivity contribution in [2.75, 3.05) is 7.11 Å². The van der Waals surface area contributed by atoms with Gasteiger partial charge in [0, 0.05) is 0 Å². The monoisotopic (exact) mass is 308 g/mol. The van der Waals surface area contributed by atoms with Crippen LogP contribution in [0.25, 0.3) is 0 Å². The number of nitrogens with zero attached hydrogens (tertiary/aromatic N) is 2. The SMILES string of the molecule is COc1ccc(C(C)C)cc1S(=O)(=O)n1nc(C)cc1C. The average Bonchev–Trinajstić information content (AvgIpc) is 2.77. The van der Waals surface area contributed by atoms with E-state index in [1.54, 1.807) is 32.0 Å². The molecule has 5 nitrogen and oxygen atoms in total. The molecule has 0 bridgehead atoms. The van der Waals surface area contributed by atoms with E-state index in [4.69, 9.17) is 4.74 Å². The van der Waals surface area contributed by atoms with Crippen LogP contribution in [-0.4, -0.2) is 24.7 Å². The second kappa shape index (κ2) is 5.52. The summed E-state index contributed by atoms with van der Waals surface area (Å²) in [5.74, 6) is 0.553. The van der Waals surface area contributed by atoms with E-state index in [2.05, 4.69) is 5.10 Å². The Hall–Kier alpha value is -1.82. The topological polar surface area (TPSA) is 61.2 Å². The number of hydrogen-bond acceptors (Lipinski definition) is 4. The zero-order valence-corrected chi connectivity index (χ0v) is 13.7. The van der Waals surface area contributed by atoms with Crippen LogP contribution in [-0.2, 0) is 10.0 Å². The van der Waals surface area contributed by atoms with Crippen molar-refractivity contribution in [3.05, 3.63) is 41.2 Å². The van der Waals surface area contributed by atoms with Crippen LogP contribution >= 0.6 is 0 Å². The molecule has 0 aliphatic rings. The van der Waals surface area contributed by atoms with Gasteiger partial charge in [0.25, 0.3) is 10.0 Å². The molecule has 0 aliphatic carbocycles. The molecule has 1 heterocycles. The summed E-state index contributed by atoms with van der Waals surface area (Å²) in [7, 11) is -2.30. The van der Waals surface area contributed by atoms with Gasteiger partial charge < -0.3 is 4.74 Å². The number of ether oxygens (including phenoxy) is 1. The molecule has 0 amide bonds. The van der Waals surface area contributed by atoms with Gasteiger partial charge in [0.1, 0.15) is 10.6 Å². The van der Waals surface area contributed by atoms with Crippen molar-refractivity contribution in [2.45, 2.75) is 38.5 Å². The maximum absolute atomic E-state index is 12.8. The summed E-state index contributed by atoms with van der Waals surface area (Å²) in [5, 5.41) is 4.08. The van der Waals surface area contributed by atoms with E-state index < -0.39 is 10.0 Å². The van der Waals surface area contributed by atoms with Gasteiger partial charge in [0.05, 0.1) is 18.5 Å². The number of aryl methyl sites for hydroxylation is 2. The maximum atomic E-state index is 12.8. The summed E-state index contributed by atoms with van der Waals surface area (Å²) in [6.45, 7) is 7.51. The largest absolute Gasteiger partial charge is 0.495 e. The lowest BCUT2D eigenvalue weighted by molar-refractivity contribution is 0.402. The summed E-state index contributed by atoms with van der Waals surface area (Å²) in [6, 6.07) is 6.96. The minimum atomic E-state index is -3.77. The molecule has 0 N–H and O–H groups in total. The number of hydrogen-bond donors (Lipinski definition) is 0. The van der Waals surface area contributed by atoms with E-state index in [1.165, 1.54) is 7.11 Å². The fourth-order valence-electron chi connectivity index (χ4n) is 2.20. The molecule has 6 heteroatoms. The minimum absolute atomic E-state index is 0.141. The van der Waals surface area contributed by atoms with E-state index in [0.717, 1.165) is 9.65 Å². The Balaban J connectivity index is 2.69. The molecule has 21 heavy (non-hydrogen) atoms. The molecule has 0 unspecified atom stereocenters. The Bertz CT molecular complexity index is 761. The van der Waals surface area contributed by atoms with Crippen LogP contribution in [0.5, 0.6) is 5.75 Å². The molecule has 114 valence electrons. The van der Waals surface area contributed by atoms with Gasteiger partial charge in [0.15, 0.2) is 0 Å². The lowest BCUT2D eigenvalue weighted by atomic mass is 10.0. The lowest BCUT2D eigenvalue weighted by Gasteiger charge is -2.14. The molecule has 1 aromatic heterocycles. The number of aromatic nitrogens is 2. The fourth-order valence-corrected chi connectivity index (χ4v) is 3.74. The first kappa shape index (κ1) is 15.6. The van der Waals surface area contributed by atoms with Crippen LogP contribution in [0.15, 0.2) is 29.2 Å². The summed E-state index contributed by atoms with van der Waals surface area (Å²) in [4.78, 5) is 0.141. The molecule has 0 fully saturated rings. The van der Waals surface area contributed by atoms with Gasteiger partial charge in [-0.1, -0.05) is 19.9 Å². The van der Waals surface area contributed by atoms with Crippen LogP contribution in [0.1, 0.15) is 36.7 Å². The van der Waals surface area contributed by atoms with Crippen molar-refractivity contribution in [1.29, 1.82) is 0 Å². The van der Waals surface area contributed by atoms with Crippen molar-refractivity contribution >= 4 is 10.0 Å². The summed E-state index contributed by atoms with van der Waals surface area (Å²) < 4.78 is 32.0. The van der Waals surface area contributed by atoms with E-state index >= 15 is 0 Å². The predicted octanol–water partition coefficient (Wildman–Crippen LogP) is 2.87. The molecular weight excluding hydrogens is 288 g/mol. The Kier molecular flexibility index (Phi) is 4.09. The van der Waals surface area contributed by atoms with E-state index in [-0.39, 0.29) is 10.8 Å². The van der Waals surface area contributed by atoms with Crippen molar-refractivity contribution in [1.82, 2.24) is 9.19 Å². The standard InChI is InChI=1S/C15H20N2O3S/c1-10(2)13-6-7-14(20-5)15(9-13)21(18,19)17-12(4)8-11(3)16-17/h6-10H,1-5H3. The third-order valence-electron chi connectivity index (χ3n) is 3.33. The quantitative estimate of drug-likeness (QED) is 0.871. The van der Waals surface area contributed by atoms with E-state index in [0.29, 0.717) is 17.1 Å². The summed E-state index contributed by atoms with van der Waals surface area (Å²) in [6.07, 6.45) is 0. The Morgan fingerprint density at radius 1 is 1.19 bits per heavy atom. The third-order valence-corrected chi connectivity index (χ3v) is 5.03. The molecule has 0 saturated heterocycles. The predicted molar refractivity (Wildman–Crippen MR) is 81.4 cm³/mol. The zero-order valence-electron chi connectivity index (χ0n) is 12.9. The Morgan fingerprint density at radius 2 is 1.86 bits per heavy atom. The minimum Gasteiger partial charge on any atom is -0.495 e. The lowest BCUT2D eigenvalue weighted by Crippen LogP contribution is -2.17. The molecule has 1 aromatic carbocycles. The molecule has 2 aromatic rings. The van der Waals surface area contributed by atoms with E-state index in [1.807, 2.05) is 19.9 Å². The molecule has 0 saturated carbocycles. The van der Waals surface area contributed by atoms with Crippen molar-refractivity contribution in [2.24, 2.45) is 0 Å². The number of rotatable bonds is 4. The summed E-state index contributed by atoms with van der Waals surface area (Å²) in [5.41, 5.74) is 2.18. The van der Waals surface area contributed by atoms with Crippen LogP contribution < -0.4 is 4.74 Å². The van der Waals surface area contributed by atoms with Gasteiger partial charge in [-0.3, -0.25) is 0 Å². The highest BCUT2D eigenvalue weighted by Gasteiger charge is 2.25. The van der Waals surface area contributed by atoms with Crippen LogP contribution in [0.2, 0.25) is 0 Å². The first-order valence-corrected chi connectivity index (χ1v) is 8.18. The Labute approximate surface area is 125 Å². The molecule has 0 aliphatic heterocycles. The van der Waals surface area contributed by atoms with Crippen molar-refractivity contribution in [3.8, 4) is 5.75 Å². The second-order valence-corrected chi connectivity index (χ2v) is 7.08. The molecular formula is C15H20N2O3S. The van der Waals surface area contributed by atoms with Crippen molar-refractivity contribution in [3.63, 3.8) is 0 Å². The Morgan fingerprint density at radius 3 is 2.33 bits per heavy atom. The molecule has 0 spiro atoms. The van der Waals surface area contributed by atoms with Gasteiger partial charge in [0.2, 0.25) is 0 Å². The van der Waals surface area contributed by atoms with Gasteiger partial charge in [-0.15, -0.1) is 0 Å². The van der Waals surface area contributed by atoms with E-state index in [9.17, 15) is 8.42 Å². The summed E-state index contributed by atoms with van der Waals surface area (Å²) >= 11 is 0. The molecule has 2 rings (SSSR count). The van der Waals surface area contributed by atoms with Gasteiger partial charge in [-0.25, -0.2) is 0 Å². The first-order valence-electron chi connectivity index (χ1n) is 6.74. The highest BCUT2D eigenvalue weighted by atomic mass is 32.2. The second-order valence-electron chi connectivity index (χ2n) is 5.34. The highest BCUT2D eigenvalue weighted by molar-refractivity contribution is 7.90. The van der Waals surface area contributed by atoms with Gasteiger partial charge in [-0.05, 0) is 43.5 Å². The van der Waals surface area contributed by atoms with Crippen LogP contribution in [0.4, 0.5) is 0 Å². The smallest absolute Gasteiger partial charge is 0.286 e. The first-order chi connectivity index (χ1) is 9.77.